The summed E-state index contributed by atoms with van der Waals surface area (Å²) in [7, 11) is 0. The molecule has 0 saturated carbocycles. The summed E-state index contributed by atoms with van der Waals surface area (Å²) in [5.74, 6) is 2.42. The van der Waals surface area contributed by atoms with Crippen molar-refractivity contribution < 1.29 is 9.47 Å². The molecule has 2 aromatic carbocycles. The van der Waals surface area contributed by atoms with Crippen molar-refractivity contribution in [2.75, 3.05) is 0 Å². The van der Waals surface area contributed by atoms with Gasteiger partial charge in [-0.2, -0.15) is 0 Å². The molecule has 0 spiro atoms. The SMILES string of the molecule is CCC(C)c1ccc(OC2CCc3ccccc3O2)cc1. The quantitative estimate of drug-likeness (QED) is 0.791. The Morgan fingerprint density at radius 1 is 1.14 bits per heavy atom. The lowest BCUT2D eigenvalue weighted by atomic mass is 9.99. The van der Waals surface area contributed by atoms with Gasteiger partial charge in [-0.05, 0) is 48.1 Å². The van der Waals surface area contributed by atoms with Crippen LogP contribution < -0.4 is 9.47 Å². The molecule has 2 heteroatoms. The summed E-state index contributed by atoms with van der Waals surface area (Å²) < 4.78 is 11.9. The summed E-state index contributed by atoms with van der Waals surface area (Å²) in [5.41, 5.74) is 2.63. The van der Waals surface area contributed by atoms with E-state index in [1.807, 2.05) is 24.3 Å². The van der Waals surface area contributed by atoms with E-state index in [9.17, 15) is 0 Å². The molecular formula is C19H22O2. The number of fused-ring (bicyclic) bond motifs is 1. The Balaban J connectivity index is 1.65. The van der Waals surface area contributed by atoms with Crippen LogP contribution >= 0.6 is 0 Å². The van der Waals surface area contributed by atoms with Crippen LogP contribution in [0, 0.1) is 0 Å². The highest BCUT2D eigenvalue weighted by Gasteiger charge is 2.20. The van der Waals surface area contributed by atoms with E-state index in [1.165, 1.54) is 11.1 Å². The molecule has 1 aliphatic heterocycles. The maximum atomic E-state index is 5.96. The second-order valence-electron chi connectivity index (χ2n) is 5.69. The zero-order chi connectivity index (χ0) is 14.7. The van der Waals surface area contributed by atoms with Gasteiger partial charge in [0.15, 0.2) is 0 Å². The molecule has 2 atom stereocenters. The number of para-hydroxylation sites is 1. The van der Waals surface area contributed by atoms with Crippen molar-refractivity contribution in [3.8, 4) is 11.5 Å². The van der Waals surface area contributed by atoms with Crippen molar-refractivity contribution in [1.82, 2.24) is 0 Å². The first-order chi connectivity index (χ1) is 10.3. The van der Waals surface area contributed by atoms with Gasteiger partial charge in [-0.1, -0.05) is 44.2 Å². The van der Waals surface area contributed by atoms with Crippen LogP contribution in [-0.2, 0) is 6.42 Å². The molecule has 0 N–H and O–H groups in total. The molecule has 110 valence electrons. The van der Waals surface area contributed by atoms with Gasteiger partial charge < -0.3 is 9.47 Å². The minimum atomic E-state index is -0.186. The van der Waals surface area contributed by atoms with Gasteiger partial charge in [0.25, 0.3) is 0 Å². The van der Waals surface area contributed by atoms with Crippen molar-refractivity contribution >= 4 is 0 Å². The van der Waals surface area contributed by atoms with E-state index >= 15 is 0 Å². The summed E-state index contributed by atoms with van der Waals surface area (Å²) in [6, 6.07) is 16.6. The number of hydrogen-bond donors (Lipinski definition) is 0. The molecule has 0 aliphatic carbocycles. The van der Waals surface area contributed by atoms with E-state index in [-0.39, 0.29) is 6.29 Å². The second-order valence-corrected chi connectivity index (χ2v) is 5.69. The lowest BCUT2D eigenvalue weighted by Gasteiger charge is -2.26. The maximum absolute atomic E-state index is 5.96. The molecule has 2 unspecified atom stereocenters. The van der Waals surface area contributed by atoms with Gasteiger partial charge >= 0.3 is 0 Å². The van der Waals surface area contributed by atoms with Crippen LogP contribution in [0.15, 0.2) is 48.5 Å². The van der Waals surface area contributed by atoms with E-state index in [0.29, 0.717) is 5.92 Å². The van der Waals surface area contributed by atoms with Gasteiger partial charge in [0.1, 0.15) is 11.5 Å². The highest BCUT2D eigenvalue weighted by atomic mass is 16.7. The highest BCUT2D eigenvalue weighted by Crippen LogP contribution is 2.29. The average Bonchev–Trinajstić information content (AvgIpc) is 2.55. The number of ether oxygens (including phenoxy) is 2. The standard InChI is InChI=1S/C19H22O2/c1-3-14(2)15-8-11-17(12-9-15)20-19-13-10-16-6-4-5-7-18(16)21-19/h4-9,11-12,14,19H,3,10,13H2,1-2H3. The molecule has 0 aromatic heterocycles. The van der Waals surface area contributed by atoms with Crippen LogP contribution in [0.5, 0.6) is 11.5 Å². The molecule has 0 fully saturated rings. The summed E-state index contributed by atoms with van der Waals surface area (Å²) in [5, 5.41) is 0. The molecule has 3 rings (SSSR count). The molecule has 1 aliphatic rings. The second kappa shape index (κ2) is 6.21. The monoisotopic (exact) mass is 282 g/mol. The largest absolute Gasteiger partial charge is 0.455 e. The molecule has 21 heavy (non-hydrogen) atoms. The number of benzene rings is 2. The lowest BCUT2D eigenvalue weighted by Crippen LogP contribution is -2.28. The fraction of sp³-hybridized carbons (Fsp3) is 0.368. The number of rotatable bonds is 4. The lowest BCUT2D eigenvalue weighted by molar-refractivity contribution is -0.00980. The number of aryl methyl sites for hydroxylation is 1. The smallest absolute Gasteiger partial charge is 0.241 e. The fourth-order valence-electron chi connectivity index (χ4n) is 2.64. The zero-order valence-corrected chi connectivity index (χ0v) is 12.7. The minimum absolute atomic E-state index is 0.186. The first-order valence-electron chi connectivity index (χ1n) is 7.77. The molecule has 0 saturated heterocycles. The van der Waals surface area contributed by atoms with Crippen molar-refractivity contribution in [2.24, 2.45) is 0 Å². The van der Waals surface area contributed by atoms with Crippen LogP contribution in [-0.4, -0.2) is 6.29 Å². The van der Waals surface area contributed by atoms with Crippen LogP contribution in [0.3, 0.4) is 0 Å². The zero-order valence-electron chi connectivity index (χ0n) is 12.7. The van der Waals surface area contributed by atoms with E-state index in [1.54, 1.807) is 0 Å². The van der Waals surface area contributed by atoms with E-state index < -0.39 is 0 Å². The van der Waals surface area contributed by atoms with Crippen molar-refractivity contribution in [3.05, 3.63) is 59.7 Å². The van der Waals surface area contributed by atoms with Crippen LogP contribution in [0.4, 0.5) is 0 Å². The van der Waals surface area contributed by atoms with Crippen molar-refractivity contribution in [2.45, 2.75) is 45.3 Å². The normalized spacial score (nSPS) is 18.5. The van der Waals surface area contributed by atoms with Crippen LogP contribution in [0.1, 0.15) is 43.7 Å². The summed E-state index contributed by atoms with van der Waals surface area (Å²) in [4.78, 5) is 0. The first-order valence-corrected chi connectivity index (χ1v) is 7.77. The van der Waals surface area contributed by atoms with E-state index in [0.717, 1.165) is 30.8 Å². The highest BCUT2D eigenvalue weighted by molar-refractivity contribution is 5.35. The van der Waals surface area contributed by atoms with Crippen LogP contribution in [0.2, 0.25) is 0 Å². The molecular weight excluding hydrogens is 260 g/mol. The van der Waals surface area contributed by atoms with E-state index in [4.69, 9.17) is 9.47 Å². The third-order valence-corrected chi connectivity index (χ3v) is 4.21. The predicted octanol–water partition coefficient (Wildman–Crippen LogP) is 4.93. The Bertz CT molecular complexity index is 589. The number of hydrogen-bond acceptors (Lipinski definition) is 2. The average molecular weight is 282 g/mol. The Labute approximate surface area is 126 Å². The topological polar surface area (TPSA) is 18.5 Å². The van der Waals surface area contributed by atoms with Gasteiger partial charge in [0.2, 0.25) is 6.29 Å². The van der Waals surface area contributed by atoms with E-state index in [2.05, 4.69) is 38.1 Å². The Kier molecular flexibility index (Phi) is 4.14. The summed E-state index contributed by atoms with van der Waals surface area (Å²) in [6.45, 7) is 4.46. The molecule has 0 radical (unpaired) electrons. The Hall–Kier alpha value is -1.96. The molecule has 0 bridgehead atoms. The molecule has 1 heterocycles. The first kappa shape index (κ1) is 14.0. The Morgan fingerprint density at radius 2 is 1.90 bits per heavy atom. The third-order valence-electron chi connectivity index (χ3n) is 4.21. The van der Waals surface area contributed by atoms with Gasteiger partial charge in [0, 0.05) is 6.42 Å². The van der Waals surface area contributed by atoms with Gasteiger partial charge in [-0.3, -0.25) is 0 Å². The van der Waals surface area contributed by atoms with Crippen LogP contribution in [0.25, 0.3) is 0 Å². The van der Waals surface area contributed by atoms with Gasteiger partial charge in [-0.15, -0.1) is 0 Å². The van der Waals surface area contributed by atoms with Gasteiger partial charge in [-0.25, -0.2) is 0 Å². The van der Waals surface area contributed by atoms with Crippen molar-refractivity contribution in [3.63, 3.8) is 0 Å². The summed E-state index contributed by atoms with van der Waals surface area (Å²) in [6.07, 6.45) is 2.87. The fourth-order valence-corrected chi connectivity index (χ4v) is 2.64. The molecule has 0 amide bonds. The van der Waals surface area contributed by atoms with Gasteiger partial charge in [0.05, 0.1) is 0 Å². The molecule has 2 nitrogen and oxygen atoms in total. The third kappa shape index (κ3) is 3.21. The summed E-state index contributed by atoms with van der Waals surface area (Å²) >= 11 is 0. The predicted molar refractivity (Wildman–Crippen MR) is 85.0 cm³/mol. The Morgan fingerprint density at radius 3 is 2.67 bits per heavy atom. The molecule has 2 aromatic rings. The maximum Gasteiger partial charge on any atom is 0.241 e. The van der Waals surface area contributed by atoms with Crippen molar-refractivity contribution in [1.29, 1.82) is 0 Å². The minimum Gasteiger partial charge on any atom is -0.455 e.